The van der Waals surface area contributed by atoms with Crippen molar-refractivity contribution in [2.24, 2.45) is 0 Å². The maximum atomic E-state index is 5.40. The second-order valence-electron chi connectivity index (χ2n) is 3.12. The lowest BCUT2D eigenvalue weighted by atomic mass is 10.1. The van der Waals surface area contributed by atoms with E-state index in [9.17, 15) is 0 Å². The molecular formula is C10H16BrNO. The summed E-state index contributed by atoms with van der Waals surface area (Å²) in [6, 6.07) is 2.27. The monoisotopic (exact) mass is 245 g/mol. The molecule has 0 aliphatic carbocycles. The van der Waals surface area contributed by atoms with Crippen molar-refractivity contribution in [1.82, 2.24) is 5.32 Å². The van der Waals surface area contributed by atoms with E-state index in [-0.39, 0.29) is 0 Å². The summed E-state index contributed by atoms with van der Waals surface area (Å²) in [6.45, 7) is 2.20. The molecule has 0 radical (unpaired) electrons. The molecule has 1 aromatic rings. The van der Waals surface area contributed by atoms with Crippen LogP contribution in [0.15, 0.2) is 21.2 Å². The molecule has 0 saturated heterocycles. The Morgan fingerprint density at radius 2 is 2.38 bits per heavy atom. The highest BCUT2D eigenvalue weighted by atomic mass is 79.9. The third-order valence-corrected chi connectivity index (χ3v) is 2.81. The molecule has 0 saturated carbocycles. The molecule has 3 heteroatoms. The highest BCUT2D eigenvalue weighted by molar-refractivity contribution is 9.10. The molecule has 0 spiro atoms. The molecule has 0 amide bonds. The Morgan fingerprint density at radius 1 is 1.62 bits per heavy atom. The summed E-state index contributed by atoms with van der Waals surface area (Å²) < 4.78 is 6.46. The Morgan fingerprint density at radius 3 is 2.85 bits per heavy atom. The Kier molecular flexibility index (Phi) is 4.53. The zero-order valence-electron chi connectivity index (χ0n) is 8.14. The first-order chi connectivity index (χ1) is 6.29. The summed E-state index contributed by atoms with van der Waals surface area (Å²) in [6.07, 6.45) is 5.28. The normalized spacial score (nSPS) is 13.2. The molecule has 1 rings (SSSR count). The van der Waals surface area contributed by atoms with Crippen molar-refractivity contribution in [3.05, 3.63) is 22.6 Å². The van der Waals surface area contributed by atoms with Crippen molar-refractivity contribution >= 4 is 15.9 Å². The fraction of sp³-hybridized carbons (Fsp3) is 0.600. The van der Waals surface area contributed by atoms with Gasteiger partial charge in [0.2, 0.25) is 0 Å². The summed E-state index contributed by atoms with van der Waals surface area (Å²) >= 11 is 3.47. The first-order valence-corrected chi connectivity index (χ1v) is 5.49. The molecule has 0 aliphatic rings. The summed E-state index contributed by atoms with van der Waals surface area (Å²) in [5, 5.41) is 3.26. The average Bonchev–Trinajstić information content (AvgIpc) is 2.54. The van der Waals surface area contributed by atoms with Crippen LogP contribution >= 0.6 is 15.9 Å². The second-order valence-corrected chi connectivity index (χ2v) is 3.97. The topological polar surface area (TPSA) is 25.2 Å². The van der Waals surface area contributed by atoms with E-state index in [0.717, 1.165) is 16.7 Å². The minimum Gasteiger partial charge on any atom is -0.466 e. The van der Waals surface area contributed by atoms with Crippen LogP contribution in [-0.4, -0.2) is 7.05 Å². The lowest BCUT2D eigenvalue weighted by molar-refractivity contribution is 0.404. The van der Waals surface area contributed by atoms with Gasteiger partial charge in [-0.25, -0.2) is 0 Å². The minimum atomic E-state index is 0.337. The Bertz CT molecular complexity index is 247. The molecule has 2 nitrogen and oxygen atoms in total. The van der Waals surface area contributed by atoms with Gasteiger partial charge >= 0.3 is 0 Å². The lowest BCUT2D eigenvalue weighted by Crippen LogP contribution is -2.15. The van der Waals surface area contributed by atoms with Gasteiger partial charge < -0.3 is 9.73 Å². The maximum Gasteiger partial charge on any atom is 0.134 e. The zero-order valence-corrected chi connectivity index (χ0v) is 9.73. The fourth-order valence-corrected chi connectivity index (χ4v) is 1.85. The van der Waals surface area contributed by atoms with Crippen molar-refractivity contribution in [1.29, 1.82) is 0 Å². The van der Waals surface area contributed by atoms with Gasteiger partial charge in [0.25, 0.3) is 0 Å². The Hall–Kier alpha value is -0.280. The molecule has 0 bridgehead atoms. The highest BCUT2D eigenvalue weighted by Crippen LogP contribution is 2.27. The summed E-state index contributed by atoms with van der Waals surface area (Å²) in [7, 11) is 1.97. The molecule has 0 aromatic carbocycles. The third-order valence-electron chi connectivity index (χ3n) is 2.16. The van der Waals surface area contributed by atoms with Crippen LogP contribution in [0.2, 0.25) is 0 Å². The predicted molar refractivity (Wildman–Crippen MR) is 57.7 cm³/mol. The number of furan rings is 1. The van der Waals surface area contributed by atoms with Crippen molar-refractivity contribution in [2.75, 3.05) is 7.05 Å². The van der Waals surface area contributed by atoms with Crippen LogP contribution in [0.5, 0.6) is 0 Å². The number of nitrogens with one attached hydrogen (secondary N) is 1. The quantitative estimate of drug-likeness (QED) is 0.860. The van der Waals surface area contributed by atoms with Gasteiger partial charge in [0.1, 0.15) is 5.76 Å². The molecule has 0 fully saturated rings. The Labute approximate surface area is 87.8 Å². The molecule has 1 atom stereocenters. The van der Waals surface area contributed by atoms with Gasteiger partial charge in [-0.15, -0.1) is 0 Å². The average molecular weight is 246 g/mol. The Balaban J connectivity index is 2.61. The molecular weight excluding hydrogens is 230 g/mol. The van der Waals surface area contributed by atoms with Gasteiger partial charge in [-0.3, -0.25) is 0 Å². The molecule has 1 N–H and O–H groups in total. The summed E-state index contributed by atoms with van der Waals surface area (Å²) in [5.74, 6) is 1.01. The van der Waals surface area contributed by atoms with Gasteiger partial charge in [0.15, 0.2) is 0 Å². The van der Waals surface area contributed by atoms with Crippen LogP contribution in [0.3, 0.4) is 0 Å². The van der Waals surface area contributed by atoms with Gasteiger partial charge in [-0.1, -0.05) is 19.8 Å². The van der Waals surface area contributed by atoms with Crippen LogP contribution in [-0.2, 0) is 0 Å². The van der Waals surface area contributed by atoms with E-state index in [1.807, 2.05) is 13.1 Å². The van der Waals surface area contributed by atoms with Crippen LogP contribution in [0.1, 0.15) is 38.0 Å². The van der Waals surface area contributed by atoms with Crippen molar-refractivity contribution < 1.29 is 4.42 Å². The van der Waals surface area contributed by atoms with Gasteiger partial charge in [0.05, 0.1) is 16.8 Å². The molecule has 1 aromatic heterocycles. The minimum absolute atomic E-state index is 0.337. The number of halogens is 1. The highest BCUT2D eigenvalue weighted by Gasteiger charge is 2.14. The van der Waals surface area contributed by atoms with E-state index >= 15 is 0 Å². The van der Waals surface area contributed by atoms with Gasteiger partial charge in [-0.05, 0) is 35.5 Å². The van der Waals surface area contributed by atoms with E-state index in [0.29, 0.717) is 6.04 Å². The van der Waals surface area contributed by atoms with E-state index in [1.54, 1.807) is 6.26 Å². The zero-order chi connectivity index (χ0) is 9.68. The van der Waals surface area contributed by atoms with E-state index in [2.05, 4.69) is 28.2 Å². The lowest BCUT2D eigenvalue weighted by Gasteiger charge is -2.13. The number of rotatable bonds is 5. The largest absolute Gasteiger partial charge is 0.466 e. The SMILES string of the molecule is CCCCC(NC)c1occc1Br. The molecule has 74 valence electrons. The van der Waals surface area contributed by atoms with E-state index in [4.69, 9.17) is 4.42 Å². The molecule has 1 heterocycles. The smallest absolute Gasteiger partial charge is 0.134 e. The first-order valence-electron chi connectivity index (χ1n) is 4.69. The van der Waals surface area contributed by atoms with Crippen LogP contribution in [0, 0.1) is 0 Å². The van der Waals surface area contributed by atoms with Crippen molar-refractivity contribution in [3.8, 4) is 0 Å². The maximum absolute atomic E-state index is 5.40. The second kappa shape index (κ2) is 5.45. The molecule has 0 aliphatic heterocycles. The van der Waals surface area contributed by atoms with Crippen molar-refractivity contribution in [2.45, 2.75) is 32.2 Å². The number of unbranched alkanes of at least 4 members (excludes halogenated alkanes) is 1. The van der Waals surface area contributed by atoms with Crippen LogP contribution in [0.4, 0.5) is 0 Å². The van der Waals surface area contributed by atoms with Gasteiger partial charge in [0, 0.05) is 0 Å². The third kappa shape index (κ3) is 2.85. The van der Waals surface area contributed by atoms with Gasteiger partial charge in [-0.2, -0.15) is 0 Å². The molecule has 13 heavy (non-hydrogen) atoms. The fourth-order valence-electron chi connectivity index (χ4n) is 1.37. The first kappa shape index (κ1) is 10.8. The standard InChI is InChI=1S/C10H16BrNO/c1-3-4-5-9(12-2)10-8(11)6-7-13-10/h6-7,9,12H,3-5H2,1-2H3. The van der Waals surface area contributed by atoms with Crippen LogP contribution in [0.25, 0.3) is 0 Å². The number of hydrogen-bond acceptors (Lipinski definition) is 2. The van der Waals surface area contributed by atoms with E-state index in [1.165, 1.54) is 12.8 Å². The van der Waals surface area contributed by atoms with E-state index < -0.39 is 0 Å². The predicted octanol–water partition coefficient (Wildman–Crippen LogP) is 3.49. The van der Waals surface area contributed by atoms with Crippen LogP contribution < -0.4 is 5.32 Å². The molecule has 1 unspecified atom stereocenters. The summed E-state index contributed by atoms with van der Waals surface area (Å²) in [4.78, 5) is 0. The summed E-state index contributed by atoms with van der Waals surface area (Å²) in [5.41, 5.74) is 0. The van der Waals surface area contributed by atoms with Crippen molar-refractivity contribution in [3.63, 3.8) is 0 Å². The number of hydrogen-bond donors (Lipinski definition) is 1.